The molecule has 3 aromatic rings. The Kier molecular flexibility index (Phi) is 5.57. The van der Waals surface area contributed by atoms with Gasteiger partial charge in [-0.25, -0.2) is 0 Å². The topological polar surface area (TPSA) is 95.1 Å². The maximum atomic E-state index is 11.9. The highest BCUT2D eigenvalue weighted by atomic mass is 32.2. The fraction of sp³-hybridized carbons (Fsp3) is 0.294. The van der Waals surface area contributed by atoms with E-state index in [1.807, 2.05) is 35.9 Å². The minimum atomic E-state index is -0.122. The number of aryl methyl sites for hydroxylation is 1. The summed E-state index contributed by atoms with van der Waals surface area (Å²) < 4.78 is 12.0. The summed E-state index contributed by atoms with van der Waals surface area (Å²) in [4.78, 5) is 11.9. The van der Waals surface area contributed by atoms with Gasteiger partial charge in [-0.05, 0) is 31.2 Å². The van der Waals surface area contributed by atoms with Gasteiger partial charge in [0.15, 0.2) is 16.8 Å². The molecule has 3 rings (SSSR count). The molecule has 1 amide bonds. The van der Waals surface area contributed by atoms with E-state index in [2.05, 4.69) is 20.7 Å². The lowest BCUT2D eigenvalue weighted by Crippen LogP contribution is -2.12. The van der Waals surface area contributed by atoms with Crippen LogP contribution in [0, 0.1) is 6.92 Å². The van der Waals surface area contributed by atoms with E-state index in [1.165, 1.54) is 11.8 Å². The first-order chi connectivity index (χ1) is 12.6. The summed E-state index contributed by atoms with van der Waals surface area (Å²) in [7, 11) is 3.53. The number of carbonyl (C=O) groups is 1. The summed E-state index contributed by atoms with van der Waals surface area (Å²) in [6.07, 6.45) is 0.335. The van der Waals surface area contributed by atoms with Crippen molar-refractivity contribution in [1.82, 2.24) is 19.9 Å². The van der Waals surface area contributed by atoms with Crippen LogP contribution in [0.3, 0.4) is 0 Å². The second-order valence-corrected chi connectivity index (χ2v) is 6.63. The van der Waals surface area contributed by atoms with E-state index in [0.717, 1.165) is 22.3 Å². The van der Waals surface area contributed by atoms with Crippen molar-refractivity contribution >= 4 is 23.5 Å². The summed E-state index contributed by atoms with van der Waals surface area (Å²) in [5.41, 5.74) is 0.951. The van der Waals surface area contributed by atoms with Crippen molar-refractivity contribution in [2.75, 3.05) is 18.2 Å². The fourth-order valence-corrected chi connectivity index (χ4v) is 3.15. The number of thioether (sulfide) groups is 1. The molecule has 1 N–H and O–H groups in total. The predicted octanol–water partition coefficient (Wildman–Crippen LogP) is 2.91. The van der Waals surface area contributed by atoms with E-state index < -0.39 is 0 Å². The molecule has 0 aliphatic rings. The highest BCUT2D eigenvalue weighted by Crippen LogP contribution is 2.24. The lowest BCUT2D eigenvalue weighted by Gasteiger charge is -2.05. The fourth-order valence-electron chi connectivity index (χ4n) is 2.30. The second-order valence-electron chi connectivity index (χ2n) is 5.56. The Hall–Kier alpha value is -2.81. The molecular weight excluding hydrogens is 354 g/mol. The molecule has 2 heterocycles. The molecule has 1 aromatic carbocycles. The quantitative estimate of drug-likeness (QED) is 0.636. The van der Waals surface area contributed by atoms with Crippen LogP contribution in [0.2, 0.25) is 0 Å². The molecular formula is C17H19N5O3S. The zero-order valence-corrected chi connectivity index (χ0v) is 15.5. The van der Waals surface area contributed by atoms with Crippen LogP contribution >= 0.6 is 11.8 Å². The normalized spacial score (nSPS) is 10.7. The van der Waals surface area contributed by atoms with E-state index in [4.69, 9.17) is 9.26 Å². The van der Waals surface area contributed by atoms with E-state index in [1.54, 1.807) is 20.1 Å². The van der Waals surface area contributed by atoms with Crippen LogP contribution in [0.15, 0.2) is 40.0 Å². The number of carbonyl (C=O) groups excluding carboxylic acids is 1. The van der Waals surface area contributed by atoms with Gasteiger partial charge >= 0.3 is 0 Å². The highest BCUT2D eigenvalue weighted by molar-refractivity contribution is 7.99. The molecule has 0 fully saturated rings. The summed E-state index contributed by atoms with van der Waals surface area (Å²) >= 11 is 1.47. The van der Waals surface area contributed by atoms with Crippen LogP contribution in [-0.2, 0) is 11.8 Å². The number of benzene rings is 1. The van der Waals surface area contributed by atoms with Crippen molar-refractivity contribution in [2.24, 2.45) is 7.05 Å². The number of aromatic nitrogens is 4. The largest absolute Gasteiger partial charge is 0.497 e. The zero-order valence-electron chi connectivity index (χ0n) is 14.7. The number of amides is 1. The number of nitrogens with one attached hydrogen (secondary N) is 1. The molecule has 9 heteroatoms. The first-order valence-electron chi connectivity index (χ1n) is 7.96. The number of anilines is 1. The SMILES string of the molecule is COc1ccc(-c2nnc(SCCC(=O)Nc3cc(C)on3)n2C)cc1. The first kappa shape index (κ1) is 18.0. The van der Waals surface area contributed by atoms with E-state index >= 15 is 0 Å². The van der Waals surface area contributed by atoms with Gasteiger partial charge in [-0.15, -0.1) is 10.2 Å². The predicted molar refractivity (Wildman–Crippen MR) is 98.2 cm³/mol. The number of rotatable bonds is 7. The van der Waals surface area contributed by atoms with Crippen LogP contribution < -0.4 is 10.1 Å². The third-order valence-corrected chi connectivity index (χ3v) is 4.66. The van der Waals surface area contributed by atoms with Crippen molar-refractivity contribution in [3.8, 4) is 17.1 Å². The van der Waals surface area contributed by atoms with Crippen LogP contribution in [0.1, 0.15) is 12.2 Å². The molecule has 2 aromatic heterocycles. The molecule has 136 valence electrons. The number of hydrogen-bond acceptors (Lipinski definition) is 7. The maximum Gasteiger partial charge on any atom is 0.226 e. The first-order valence-corrected chi connectivity index (χ1v) is 8.95. The zero-order chi connectivity index (χ0) is 18.5. The summed E-state index contributed by atoms with van der Waals surface area (Å²) in [6, 6.07) is 9.31. The molecule has 0 bridgehead atoms. The Labute approximate surface area is 154 Å². The molecule has 0 aliphatic carbocycles. The van der Waals surface area contributed by atoms with Crippen LogP contribution in [0.25, 0.3) is 11.4 Å². The summed E-state index contributed by atoms with van der Waals surface area (Å²) in [5.74, 6) is 3.09. The van der Waals surface area contributed by atoms with E-state index in [9.17, 15) is 4.79 Å². The average Bonchev–Trinajstić information content (AvgIpc) is 3.21. The smallest absolute Gasteiger partial charge is 0.226 e. The Balaban J connectivity index is 1.55. The van der Waals surface area contributed by atoms with Gasteiger partial charge in [0.2, 0.25) is 5.91 Å². The molecule has 0 radical (unpaired) electrons. The Morgan fingerprint density at radius 1 is 1.31 bits per heavy atom. The lowest BCUT2D eigenvalue weighted by molar-refractivity contribution is -0.115. The van der Waals surface area contributed by atoms with E-state index in [-0.39, 0.29) is 5.91 Å². The highest BCUT2D eigenvalue weighted by Gasteiger charge is 2.12. The molecule has 8 nitrogen and oxygen atoms in total. The molecule has 26 heavy (non-hydrogen) atoms. The average molecular weight is 373 g/mol. The van der Waals surface area contributed by atoms with Crippen molar-refractivity contribution in [1.29, 1.82) is 0 Å². The molecule has 0 unspecified atom stereocenters. The summed E-state index contributed by atoms with van der Waals surface area (Å²) in [5, 5.41) is 15.6. The Bertz CT molecular complexity index is 888. The van der Waals surface area contributed by atoms with Crippen molar-refractivity contribution in [3.05, 3.63) is 36.1 Å². The van der Waals surface area contributed by atoms with Gasteiger partial charge in [0, 0.05) is 30.9 Å². The Morgan fingerprint density at radius 2 is 2.08 bits per heavy atom. The molecule has 0 aliphatic heterocycles. The molecule has 0 saturated carbocycles. The Morgan fingerprint density at radius 3 is 2.73 bits per heavy atom. The van der Waals surface area contributed by atoms with Crippen molar-refractivity contribution in [2.45, 2.75) is 18.5 Å². The number of hydrogen-bond donors (Lipinski definition) is 1. The number of nitrogens with zero attached hydrogens (tertiary/aromatic N) is 4. The van der Waals surface area contributed by atoms with Gasteiger partial charge in [-0.2, -0.15) is 0 Å². The number of ether oxygens (including phenoxy) is 1. The third-order valence-electron chi connectivity index (χ3n) is 3.64. The van der Waals surface area contributed by atoms with Crippen LogP contribution in [-0.4, -0.2) is 38.7 Å². The monoisotopic (exact) mass is 373 g/mol. The molecule has 0 spiro atoms. The second kappa shape index (κ2) is 8.05. The minimum Gasteiger partial charge on any atom is -0.497 e. The maximum absolute atomic E-state index is 11.9. The van der Waals surface area contributed by atoms with Gasteiger partial charge in [-0.1, -0.05) is 16.9 Å². The molecule has 0 atom stereocenters. The van der Waals surface area contributed by atoms with Crippen LogP contribution in [0.5, 0.6) is 5.75 Å². The summed E-state index contributed by atoms with van der Waals surface area (Å²) in [6.45, 7) is 1.77. The van der Waals surface area contributed by atoms with Crippen molar-refractivity contribution < 1.29 is 14.1 Å². The minimum absolute atomic E-state index is 0.122. The number of methoxy groups -OCH3 is 1. The standard InChI is InChI=1S/C17H19N5O3S/c1-11-10-14(21-25-11)18-15(23)8-9-26-17-20-19-16(22(17)2)12-4-6-13(24-3)7-5-12/h4-7,10H,8-9H2,1-3H3,(H,18,21,23). The van der Waals surface area contributed by atoms with Gasteiger partial charge in [0.05, 0.1) is 7.11 Å². The van der Waals surface area contributed by atoms with Gasteiger partial charge in [0.1, 0.15) is 11.5 Å². The van der Waals surface area contributed by atoms with Gasteiger partial charge in [-0.3, -0.25) is 4.79 Å². The van der Waals surface area contributed by atoms with E-state index in [0.29, 0.717) is 23.8 Å². The van der Waals surface area contributed by atoms with Crippen molar-refractivity contribution in [3.63, 3.8) is 0 Å². The molecule has 0 saturated heterocycles. The van der Waals surface area contributed by atoms with Gasteiger partial charge in [0.25, 0.3) is 0 Å². The van der Waals surface area contributed by atoms with Crippen LogP contribution in [0.4, 0.5) is 5.82 Å². The lowest BCUT2D eigenvalue weighted by atomic mass is 10.2. The van der Waals surface area contributed by atoms with Gasteiger partial charge < -0.3 is 19.1 Å². The third kappa shape index (κ3) is 4.23.